The molecule has 1 aromatic carbocycles. The van der Waals surface area contributed by atoms with Gasteiger partial charge in [-0.1, -0.05) is 35.2 Å². The van der Waals surface area contributed by atoms with E-state index in [4.69, 9.17) is 0 Å². The third-order valence-corrected chi connectivity index (χ3v) is 6.02. The van der Waals surface area contributed by atoms with Gasteiger partial charge in [0, 0.05) is 35.1 Å². The SMILES string of the molecule is Cc1cc(Br)ccc1C(=O)N1CCC(NC(=O)C2CCCCC2)CC1. The molecule has 1 aromatic rings. The normalized spacial score (nSPS) is 19.7. The minimum Gasteiger partial charge on any atom is -0.353 e. The Labute approximate surface area is 158 Å². The Morgan fingerprint density at radius 2 is 1.76 bits per heavy atom. The molecule has 1 saturated heterocycles. The first-order valence-corrected chi connectivity index (χ1v) is 10.2. The zero-order chi connectivity index (χ0) is 17.8. The number of carbonyl (C=O) groups excluding carboxylic acids is 2. The number of benzene rings is 1. The first-order chi connectivity index (χ1) is 12.0. The molecule has 1 N–H and O–H groups in total. The number of nitrogens with one attached hydrogen (secondary N) is 1. The number of hydrogen-bond donors (Lipinski definition) is 1. The van der Waals surface area contributed by atoms with Crippen LogP contribution < -0.4 is 5.32 Å². The van der Waals surface area contributed by atoms with Crippen molar-refractivity contribution in [3.63, 3.8) is 0 Å². The average Bonchev–Trinajstić information content (AvgIpc) is 2.62. The van der Waals surface area contributed by atoms with Crippen molar-refractivity contribution in [2.75, 3.05) is 13.1 Å². The first-order valence-electron chi connectivity index (χ1n) is 9.40. The molecule has 1 aliphatic carbocycles. The van der Waals surface area contributed by atoms with Gasteiger partial charge in [-0.2, -0.15) is 0 Å². The van der Waals surface area contributed by atoms with Crippen molar-refractivity contribution in [3.05, 3.63) is 33.8 Å². The van der Waals surface area contributed by atoms with Crippen molar-refractivity contribution in [1.82, 2.24) is 10.2 Å². The molecule has 2 fully saturated rings. The van der Waals surface area contributed by atoms with Gasteiger partial charge in [0.15, 0.2) is 0 Å². The summed E-state index contributed by atoms with van der Waals surface area (Å²) in [5.41, 5.74) is 1.76. The summed E-state index contributed by atoms with van der Waals surface area (Å²) in [6, 6.07) is 5.99. The number of nitrogens with zero attached hydrogens (tertiary/aromatic N) is 1. The van der Waals surface area contributed by atoms with Crippen LogP contribution in [0.1, 0.15) is 60.9 Å². The summed E-state index contributed by atoms with van der Waals surface area (Å²) in [4.78, 5) is 27.0. The van der Waals surface area contributed by atoms with Crippen LogP contribution in [0.25, 0.3) is 0 Å². The second kappa shape index (κ2) is 8.35. The monoisotopic (exact) mass is 406 g/mol. The number of aryl methyl sites for hydroxylation is 1. The second-order valence-electron chi connectivity index (χ2n) is 7.37. The second-order valence-corrected chi connectivity index (χ2v) is 8.28. The molecule has 2 amide bonds. The molecule has 0 radical (unpaired) electrons. The third kappa shape index (κ3) is 4.63. The maximum absolute atomic E-state index is 12.7. The lowest BCUT2D eigenvalue weighted by atomic mass is 9.88. The van der Waals surface area contributed by atoms with Gasteiger partial charge >= 0.3 is 0 Å². The molecule has 5 heteroatoms. The maximum Gasteiger partial charge on any atom is 0.254 e. The van der Waals surface area contributed by atoms with Gasteiger partial charge in [-0.15, -0.1) is 0 Å². The molecule has 0 atom stereocenters. The van der Waals surface area contributed by atoms with Crippen molar-refractivity contribution in [3.8, 4) is 0 Å². The predicted molar refractivity (Wildman–Crippen MR) is 103 cm³/mol. The molecule has 0 spiro atoms. The van der Waals surface area contributed by atoms with Gasteiger partial charge in [0.1, 0.15) is 0 Å². The summed E-state index contributed by atoms with van der Waals surface area (Å²) in [5, 5.41) is 3.22. The van der Waals surface area contributed by atoms with Crippen LogP contribution in [0, 0.1) is 12.8 Å². The molecule has 136 valence electrons. The Hall–Kier alpha value is -1.36. The van der Waals surface area contributed by atoms with Gasteiger partial charge in [0.05, 0.1) is 0 Å². The van der Waals surface area contributed by atoms with Gasteiger partial charge in [0.25, 0.3) is 5.91 Å². The van der Waals surface area contributed by atoms with Crippen LogP contribution in [-0.4, -0.2) is 35.8 Å². The summed E-state index contributed by atoms with van der Waals surface area (Å²) >= 11 is 3.44. The van der Waals surface area contributed by atoms with E-state index in [0.29, 0.717) is 13.1 Å². The number of rotatable bonds is 3. The fraction of sp³-hybridized carbons (Fsp3) is 0.600. The fourth-order valence-electron chi connectivity index (χ4n) is 3.95. The van der Waals surface area contributed by atoms with E-state index < -0.39 is 0 Å². The van der Waals surface area contributed by atoms with Crippen LogP contribution in [0.5, 0.6) is 0 Å². The number of halogens is 1. The number of piperidine rings is 1. The van der Waals surface area contributed by atoms with Crippen molar-refractivity contribution in [1.29, 1.82) is 0 Å². The number of hydrogen-bond acceptors (Lipinski definition) is 2. The van der Waals surface area contributed by atoms with Crippen LogP contribution in [0.4, 0.5) is 0 Å². The van der Waals surface area contributed by atoms with E-state index in [1.54, 1.807) is 0 Å². The lowest BCUT2D eigenvalue weighted by Gasteiger charge is -2.34. The van der Waals surface area contributed by atoms with E-state index in [9.17, 15) is 9.59 Å². The highest BCUT2D eigenvalue weighted by Gasteiger charge is 2.28. The van der Waals surface area contributed by atoms with Crippen LogP contribution in [0.3, 0.4) is 0 Å². The standard InChI is InChI=1S/C20H27BrN2O2/c1-14-13-16(21)7-8-18(14)20(25)23-11-9-17(10-12-23)22-19(24)15-5-3-2-4-6-15/h7-8,13,15,17H,2-6,9-12H2,1H3,(H,22,24). The zero-order valence-electron chi connectivity index (χ0n) is 14.9. The zero-order valence-corrected chi connectivity index (χ0v) is 16.5. The van der Waals surface area contributed by atoms with Crippen molar-refractivity contribution in [2.45, 2.75) is 57.9 Å². The molecule has 1 saturated carbocycles. The number of amides is 2. The largest absolute Gasteiger partial charge is 0.353 e. The molecular formula is C20H27BrN2O2. The lowest BCUT2D eigenvalue weighted by molar-refractivity contribution is -0.126. The summed E-state index contributed by atoms with van der Waals surface area (Å²) in [6.07, 6.45) is 7.38. The minimum absolute atomic E-state index is 0.0991. The third-order valence-electron chi connectivity index (χ3n) is 5.52. The molecule has 1 aliphatic heterocycles. The van der Waals surface area contributed by atoms with Gasteiger partial charge in [-0.25, -0.2) is 0 Å². The number of likely N-dealkylation sites (tertiary alicyclic amines) is 1. The Morgan fingerprint density at radius 1 is 1.08 bits per heavy atom. The summed E-state index contributed by atoms with van der Waals surface area (Å²) in [5.74, 6) is 0.536. The topological polar surface area (TPSA) is 49.4 Å². The van der Waals surface area contributed by atoms with E-state index in [1.165, 1.54) is 19.3 Å². The predicted octanol–water partition coefficient (Wildman–Crippen LogP) is 4.06. The Morgan fingerprint density at radius 3 is 2.40 bits per heavy atom. The minimum atomic E-state index is 0.0991. The molecule has 4 nitrogen and oxygen atoms in total. The molecule has 3 rings (SSSR count). The Balaban J connectivity index is 1.51. The molecule has 25 heavy (non-hydrogen) atoms. The highest BCUT2D eigenvalue weighted by atomic mass is 79.9. The fourth-order valence-corrected chi connectivity index (χ4v) is 4.42. The lowest BCUT2D eigenvalue weighted by Crippen LogP contribution is -2.48. The van der Waals surface area contributed by atoms with E-state index in [-0.39, 0.29) is 23.8 Å². The molecule has 0 unspecified atom stereocenters. The van der Waals surface area contributed by atoms with Crippen molar-refractivity contribution in [2.24, 2.45) is 5.92 Å². The van der Waals surface area contributed by atoms with Crippen LogP contribution in [0.2, 0.25) is 0 Å². The average molecular weight is 407 g/mol. The maximum atomic E-state index is 12.7. The summed E-state index contributed by atoms with van der Waals surface area (Å²) in [6.45, 7) is 3.39. The van der Waals surface area contributed by atoms with Crippen LogP contribution >= 0.6 is 15.9 Å². The van der Waals surface area contributed by atoms with Gasteiger partial charge in [-0.05, 0) is 56.4 Å². The molecular weight excluding hydrogens is 380 g/mol. The highest BCUT2D eigenvalue weighted by Crippen LogP contribution is 2.25. The first kappa shape index (κ1) is 18.4. The number of carbonyl (C=O) groups is 2. The molecule has 2 aliphatic rings. The molecule has 0 aromatic heterocycles. The Bertz CT molecular complexity index is 633. The summed E-state index contributed by atoms with van der Waals surface area (Å²) in [7, 11) is 0. The van der Waals surface area contributed by atoms with Crippen molar-refractivity contribution >= 4 is 27.7 Å². The van der Waals surface area contributed by atoms with E-state index >= 15 is 0 Å². The highest BCUT2D eigenvalue weighted by molar-refractivity contribution is 9.10. The van der Waals surface area contributed by atoms with Gasteiger partial charge in [-0.3, -0.25) is 9.59 Å². The van der Waals surface area contributed by atoms with E-state index in [1.807, 2.05) is 30.0 Å². The smallest absolute Gasteiger partial charge is 0.254 e. The van der Waals surface area contributed by atoms with Gasteiger partial charge < -0.3 is 10.2 Å². The van der Waals surface area contributed by atoms with Crippen LogP contribution in [0.15, 0.2) is 22.7 Å². The van der Waals surface area contributed by atoms with E-state index in [2.05, 4.69) is 21.2 Å². The van der Waals surface area contributed by atoms with Crippen molar-refractivity contribution < 1.29 is 9.59 Å². The molecule has 0 bridgehead atoms. The van der Waals surface area contributed by atoms with E-state index in [0.717, 1.165) is 41.3 Å². The summed E-state index contributed by atoms with van der Waals surface area (Å²) < 4.78 is 0.991. The molecule has 1 heterocycles. The van der Waals surface area contributed by atoms with Gasteiger partial charge in [0.2, 0.25) is 5.91 Å². The van der Waals surface area contributed by atoms with Crippen LogP contribution in [-0.2, 0) is 4.79 Å². The Kier molecular flexibility index (Phi) is 6.15. The quantitative estimate of drug-likeness (QED) is 0.822.